The largest absolute Gasteiger partial charge is 0.497 e. The minimum absolute atomic E-state index is 0.159. The van der Waals surface area contributed by atoms with Crippen LogP contribution in [-0.2, 0) is 21.2 Å². The first-order valence-electron chi connectivity index (χ1n) is 9.38. The lowest BCUT2D eigenvalue weighted by atomic mass is 10.1. The Morgan fingerprint density at radius 2 is 1.53 bits per heavy atom. The van der Waals surface area contributed by atoms with Crippen molar-refractivity contribution in [3.63, 3.8) is 0 Å². The Balaban J connectivity index is 1.66. The summed E-state index contributed by atoms with van der Waals surface area (Å²) in [6.07, 6.45) is 0.181. The molecule has 0 aliphatic heterocycles. The van der Waals surface area contributed by atoms with Crippen LogP contribution in [0.3, 0.4) is 0 Å². The number of rotatable bonds is 7. The van der Waals surface area contributed by atoms with Gasteiger partial charge in [-0.05, 0) is 61.0 Å². The summed E-state index contributed by atoms with van der Waals surface area (Å²) >= 11 is 0. The summed E-state index contributed by atoms with van der Waals surface area (Å²) in [5.41, 5.74) is 2.98. The summed E-state index contributed by atoms with van der Waals surface area (Å²) in [6, 6.07) is 20.7. The summed E-state index contributed by atoms with van der Waals surface area (Å²) in [6.45, 7) is 1.91. The number of methoxy groups -OCH3 is 1. The van der Waals surface area contributed by atoms with E-state index in [4.69, 9.17) is 4.74 Å². The highest BCUT2D eigenvalue weighted by Crippen LogP contribution is 2.23. The summed E-state index contributed by atoms with van der Waals surface area (Å²) < 4.78 is 31.9. The van der Waals surface area contributed by atoms with E-state index in [0.717, 1.165) is 11.1 Å². The van der Waals surface area contributed by atoms with E-state index in [1.165, 1.54) is 11.4 Å². The van der Waals surface area contributed by atoms with E-state index in [9.17, 15) is 13.2 Å². The quantitative estimate of drug-likeness (QED) is 0.622. The van der Waals surface area contributed by atoms with E-state index in [0.29, 0.717) is 17.1 Å². The van der Waals surface area contributed by atoms with Crippen molar-refractivity contribution in [3.8, 4) is 5.75 Å². The third-order valence-corrected chi connectivity index (χ3v) is 6.52. The predicted octanol–water partition coefficient (Wildman–Crippen LogP) is 4.01. The van der Waals surface area contributed by atoms with Crippen molar-refractivity contribution in [2.45, 2.75) is 18.2 Å². The van der Waals surface area contributed by atoms with E-state index >= 15 is 0 Å². The fourth-order valence-electron chi connectivity index (χ4n) is 2.90. The molecule has 0 radical (unpaired) electrons. The molecule has 0 fully saturated rings. The summed E-state index contributed by atoms with van der Waals surface area (Å²) in [5.74, 6) is 0.557. The number of sulfonamides is 1. The number of aryl methyl sites for hydroxylation is 1. The molecule has 0 aliphatic carbocycles. The average molecular weight is 425 g/mol. The van der Waals surface area contributed by atoms with Crippen molar-refractivity contribution in [1.82, 2.24) is 0 Å². The van der Waals surface area contributed by atoms with Gasteiger partial charge in [-0.1, -0.05) is 29.8 Å². The van der Waals surface area contributed by atoms with Crippen molar-refractivity contribution in [1.29, 1.82) is 0 Å². The number of hydrogen-bond acceptors (Lipinski definition) is 4. The molecule has 0 unspecified atom stereocenters. The van der Waals surface area contributed by atoms with Gasteiger partial charge in [0.2, 0.25) is 5.91 Å². The second kappa shape index (κ2) is 9.00. The Morgan fingerprint density at radius 3 is 2.10 bits per heavy atom. The van der Waals surface area contributed by atoms with Gasteiger partial charge in [-0.25, -0.2) is 8.42 Å². The van der Waals surface area contributed by atoms with Gasteiger partial charge in [-0.2, -0.15) is 0 Å². The van der Waals surface area contributed by atoms with Crippen molar-refractivity contribution in [2.75, 3.05) is 23.8 Å². The Bertz CT molecular complexity index is 1110. The summed E-state index contributed by atoms with van der Waals surface area (Å²) in [5, 5.41) is 2.83. The highest BCUT2D eigenvalue weighted by molar-refractivity contribution is 7.92. The highest BCUT2D eigenvalue weighted by Gasteiger charge is 2.21. The number of amides is 1. The minimum Gasteiger partial charge on any atom is -0.497 e. The van der Waals surface area contributed by atoms with Crippen molar-refractivity contribution in [3.05, 3.63) is 83.9 Å². The van der Waals surface area contributed by atoms with Gasteiger partial charge >= 0.3 is 0 Å². The SMILES string of the molecule is COc1ccc(NC(=O)Cc2ccc(N(C)S(=O)(=O)c3ccc(C)cc3)cc2)cc1. The van der Waals surface area contributed by atoms with Crippen LogP contribution >= 0.6 is 0 Å². The van der Waals surface area contributed by atoms with Crippen LogP contribution in [0.4, 0.5) is 11.4 Å². The average Bonchev–Trinajstić information content (AvgIpc) is 2.74. The van der Waals surface area contributed by atoms with Crippen LogP contribution in [0.2, 0.25) is 0 Å². The molecule has 0 saturated carbocycles. The van der Waals surface area contributed by atoms with Crippen molar-refractivity contribution < 1.29 is 17.9 Å². The summed E-state index contributed by atoms with van der Waals surface area (Å²) in [7, 11) is -0.549. The maximum Gasteiger partial charge on any atom is 0.264 e. The lowest BCUT2D eigenvalue weighted by Gasteiger charge is -2.20. The van der Waals surface area contributed by atoms with Gasteiger partial charge in [-0.15, -0.1) is 0 Å². The van der Waals surface area contributed by atoms with Gasteiger partial charge in [-0.3, -0.25) is 9.10 Å². The van der Waals surface area contributed by atoms with E-state index in [1.807, 2.05) is 6.92 Å². The maximum atomic E-state index is 12.8. The number of carbonyl (C=O) groups is 1. The van der Waals surface area contributed by atoms with Gasteiger partial charge in [0, 0.05) is 12.7 Å². The zero-order chi connectivity index (χ0) is 21.7. The second-order valence-electron chi connectivity index (χ2n) is 6.91. The molecule has 0 aliphatic rings. The molecular weight excluding hydrogens is 400 g/mol. The van der Waals surface area contributed by atoms with Crippen molar-refractivity contribution in [2.24, 2.45) is 0 Å². The van der Waals surface area contributed by atoms with Crippen LogP contribution < -0.4 is 14.4 Å². The van der Waals surface area contributed by atoms with E-state index in [1.54, 1.807) is 79.9 Å². The Kier molecular flexibility index (Phi) is 6.42. The number of hydrogen-bond donors (Lipinski definition) is 1. The Hall–Kier alpha value is -3.32. The monoisotopic (exact) mass is 424 g/mol. The van der Waals surface area contributed by atoms with E-state index in [-0.39, 0.29) is 17.2 Å². The first-order valence-corrected chi connectivity index (χ1v) is 10.8. The number of ether oxygens (including phenoxy) is 1. The molecule has 0 spiro atoms. The molecule has 6 nitrogen and oxygen atoms in total. The smallest absolute Gasteiger partial charge is 0.264 e. The molecule has 0 atom stereocenters. The molecule has 3 aromatic rings. The lowest BCUT2D eigenvalue weighted by molar-refractivity contribution is -0.115. The molecule has 30 heavy (non-hydrogen) atoms. The van der Waals surface area contributed by atoms with Crippen LogP contribution in [0.25, 0.3) is 0 Å². The number of nitrogens with zero attached hydrogens (tertiary/aromatic N) is 1. The molecular formula is C23H24N2O4S. The molecule has 3 rings (SSSR count). The second-order valence-corrected chi connectivity index (χ2v) is 8.87. The normalized spacial score (nSPS) is 11.0. The van der Waals surface area contributed by atoms with Crippen LogP contribution in [0.15, 0.2) is 77.7 Å². The molecule has 0 saturated heterocycles. The van der Waals surface area contributed by atoms with Gasteiger partial charge in [0.15, 0.2) is 0 Å². The predicted molar refractivity (Wildman–Crippen MR) is 119 cm³/mol. The van der Waals surface area contributed by atoms with Crippen LogP contribution in [0.1, 0.15) is 11.1 Å². The van der Waals surface area contributed by atoms with Gasteiger partial charge in [0.1, 0.15) is 5.75 Å². The first-order chi connectivity index (χ1) is 14.3. The number of carbonyl (C=O) groups excluding carboxylic acids is 1. The topological polar surface area (TPSA) is 75.7 Å². The van der Waals surface area contributed by atoms with E-state index in [2.05, 4.69) is 5.32 Å². The Morgan fingerprint density at radius 1 is 0.933 bits per heavy atom. The third-order valence-electron chi connectivity index (χ3n) is 4.72. The third kappa shape index (κ3) is 4.99. The molecule has 1 N–H and O–H groups in total. The minimum atomic E-state index is -3.65. The van der Waals surface area contributed by atoms with Crippen molar-refractivity contribution >= 4 is 27.3 Å². The molecule has 1 amide bonds. The van der Waals surface area contributed by atoms with Gasteiger partial charge < -0.3 is 10.1 Å². The zero-order valence-corrected chi connectivity index (χ0v) is 17.9. The molecule has 156 valence electrons. The van der Waals surface area contributed by atoms with Crippen LogP contribution in [0.5, 0.6) is 5.75 Å². The fraction of sp³-hybridized carbons (Fsp3) is 0.174. The van der Waals surface area contributed by atoms with Crippen LogP contribution in [-0.4, -0.2) is 28.5 Å². The van der Waals surface area contributed by atoms with Gasteiger partial charge in [0.05, 0.1) is 24.1 Å². The van der Waals surface area contributed by atoms with E-state index < -0.39 is 10.0 Å². The standard InChI is InChI=1S/C23H24N2O4S/c1-17-4-14-22(15-5-17)30(27,28)25(2)20-10-6-18(7-11-20)16-23(26)24-19-8-12-21(29-3)13-9-19/h4-15H,16H2,1-3H3,(H,24,26). The maximum absolute atomic E-state index is 12.8. The number of benzene rings is 3. The Labute approximate surface area is 177 Å². The van der Waals surface area contributed by atoms with Crippen LogP contribution in [0, 0.1) is 6.92 Å². The molecule has 3 aromatic carbocycles. The summed E-state index contributed by atoms with van der Waals surface area (Å²) in [4.78, 5) is 12.5. The fourth-order valence-corrected chi connectivity index (χ4v) is 4.09. The number of anilines is 2. The van der Waals surface area contributed by atoms with Gasteiger partial charge in [0.25, 0.3) is 10.0 Å². The first kappa shape index (κ1) is 21.4. The highest BCUT2D eigenvalue weighted by atomic mass is 32.2. The number of nitrogens with one attached hydrogen (secondary N) is 1. The molecule has 0 aromatic heterocycles. The lowest BCUT2D eigenvalue weighted by Crippen LogP contribution is -2.26. The molecule has 7 heteroatoms. The molecule has 0 bridgehead atoms. The molecule has 0 heterocycles. The zero-order valence-electron chi connectivity index (χ0n) is 17.1.